The molecule has 0 saturated heterocycles. The number of hydrogen-bond donors (Lipinski definition) is 1. The molecular weight excluding hydrogens is 216 g/mol. The molecule has 4 aliphatic rings. The van der Waals surface area contributed by atoms with E-state index in [-0.39, 0.29) is 23.7 Å². The Bertz CT molecular complexity index is 476. The largest absolute Gasteiger partial charge is 0.498 e. The first-order valence-electron chi connectivity index (χ1n) is 6.39. The maximum atomic E-state index is 11.7. The van der Waals surface area contributed by atoms with E-state index < -0.39 is 5.60 Å². The van der Waals surface area contributed by atoms with E-state index in [9.17, 15) is 9.90 Å². The lowest BCUT2D eigenvalue weighted by atomic mass is 9.84. The second-order valence-electron chi connectivity index (χ2n) is 5.92. The summed E-state index contributed by atoms with van der Waals surface area (Å²) < 4.78 is 5.54. The van der Waals surface area contributed by atoms with Crippen LogP contribution in [0.25, 0.3) is 0 Å². The van der Waals surface area contributed by atoms with Gasteiger partial charge in [0, 0.05) is 18.3 Å². The van der Waals surface area contributed by atoms with E-state index in [1.165, 1.54) is 5.57 Å². The fourth-order valence-corrected chi connectivity index (χ4v) is 4.55. The molecule has 90 valence electrons. The molecule has 1 aliphatic heterocycles. The molecule has 0 aromatic heterocycles. The predicted octanol–water partition coefficient (Wildman–Crippen LogP) is 1.58. The van der Waals surface area contributed by atoms with Crippen molar-refractivity contribution in [3.63, 3.8) is 0 Å². The zero-order valence-electron chi connectivity index (χ0n) is 9.85. The lowest BCUT2D eigenvalue weighted by Crippen LogP contribution is -2.37. The zero-order chi connectivity index (χ0) is 11.8. The lowest BCUT2D eigenvalue weighted by Gasteiger charge is -2.27. The number of rotatable bonds is 0. The second-order valence-corrected chi connectivity index (χ2v) is 5.92. The van der Waals surface area contributed by atoms with E-state index in [1.807, 2.05) is 13.0 Å². The van der Waals surface area contributed by atoms with Crippen molar-refractivity contribution >= 4 is 5.78 Å². The van der Waals surface area contributed by atoms with E-state index in [0.717, 1.165) is 18.4 Å². The Morgan fingerprint density at radius 2 is 2.35 bits per heavy atom. The van der Waals surface area contributed by atoms with Gasteiger partial charge in [-0.05, 0) is 37.3 Å². The van der Waals surface area contributed by atoms with Gasteiger partial charge in [-0.15, -0.1) is 0 Å². The van der Waals surface area contributed by atoms with E-state index in [1.54, 1.807) is 6.26 Å². The van der Waals surface area contributed by atoms with Crippen LogP contribution in [0.5, 0.6) is 0 Å². The van der Waals surface area contributed by atoms with Gasteiger partial charge in [0.05, 0.1) is 11.9 Å². The summed E-state index contributed by atoms with van der Waals surface area (Å²) >= 11 is 0. The summed E-state index contributed by atoms with van der Waals surface area (Å²) in [7, 11) is 0. The molecule has 4 rings (SSSR count). The van der Waals surface area contributed by atoms with Crippen LogP contribution >= 0.6 is 0 Å². The topological polar surface area (TPSA) is 46.5 Å². The number of ketones is 1. The normalized spacial score (nSPS) is 50.6. The van der Waals surface area contributed by atoms with Crippen LogP contribution in [0.2, 0.25) is 0 Å². The summed E-state index contributed by atoms with van der Waals surface area (Å²) in [6.07, 6.45) is 6.08. The molecular formula is C14H16O3. The van der Waals surface area contributed by atoms with E-state index >= 15 is 0 Å². The highest BCUT2D eigenvalue weighted by atomic mass is 16.5. The van der Waals surface area contributed by atoms with Crippen LogP contribution < -0.4 is 0 Å². The number of allylic oxidation sites excluding steroid dienone is 1. The molecule has 2 fully saturated rings. The summed E-state index contributed by atoms with van der Waals surface area (Å²) in [5, 5.41) is 10.9. The molecule has 1 N–H and O–H groups in total. The summed E-state index contributed by atoms with van der Waals surface area (Å²) in [6, 6.07) is 0. The van der Waals surface area contributed by atoms with Crippen LogP contribution in [0.15, 0.2) is 23.5 Å². The number of fused-ring (bicyclic) bond motifs is 5. The molecule has 0 aromatic carbocycles. The minimum absolute atomic E-state index is 0.127. The highest BCUT2D eigenvalue weighted by molar-refractivity contribution is 5.99. The third-order valence-corrected chi connectivity index (χ3v) is 5.26. The molecule has 3 aliphatic carbocycles. The molecule has 0 bridgehead atoms. The fourth-order valence-electron chi connectivity index (χ4n) is 4.55. The maximum absolute atomic E-state index is 11.7. The third-order valence-electron chi connectivity index (χ3n) is 5.26. The molecule has 3 heteroatoms. The Morgan fingerprint density at radius 3 is 3.18 bits per heavy atom. The molecule has 0 aromatic rings. The molecule has 1 heterocycles. The number of aliphatic hydroxyl groups is 1. The standard InChI is InChI=1S/C14H16O3/c1-7-11(15)4-8-6-14(16)9-2-3-17-12(9)5-10(14)13(7)8/h2-3,8-10,12,16H,4-6H2,1H3/t8-,9-,10+,12-,14-/m0/s1. The molecule has 0 unspecified atom stereocenters. The highest BCUT2D eigenvalue weighted by Crippen LogP contribution is 2.61. The number of ether oxygens (including phenoxy) is 1. The van der Waals surface area contributed by atoms with Gasteiger partial charge in [-0.1, -0.05) is 5.57 Å². The Kier molecular flexibility index (Phi) is 1.65. The van der Waals surface area contributed by atoms with Gasteiger partial charge in [0.1, 0.15) is 6.10 Å². The molecule has 0 radical (unpaired) electrons. The zero-order valence-corrected chi connectivity index (χ0v) is 9.85. The van der Waals surface area contributed by atoms with Gasteiger partial charge in [0.25, 0.3) is 0 Å². The Labute approximate surface area is 100 Å². The summed E-state index contributed by atoms with van der Waals surface area (Å²) in [6.45, 7) is 1.92. The minimum Gasteiger partial charge on any atom is -0.498 e. The lowest BCUT2D eigenvalue weighted by molar-refractivity contribution is -0.115. The summed E-state index contributed by atoms with van der Waals surface area (Å²) in [5.41, 5.74) is 1.50. The Morgan fingerprint density at radius 1 is 1.53 bits per heavy atom. The Hall–Kier alpha value is -1.09. The van der Waals surface area contributed by atoms with Crippen molar-refractivity contribution in [3.05, 3.63) is 23.5 Å². The van der Waals surface area contributed by atoms with Crippen LogP contribution in [-0.4, -0.2) is 22.6 Å². The van der Waals surface area contributed by atoms with Crippen LogP contribution in [0.3, 0.4) is 0 Å². The monoisotopic (exact) mass is 232 g/mol. The van der Waals surface area contributed by atoms with Gasteiger partial charge in [0.2, 0.25) is 0 Å². The summed E-state index contributed by atoms with van der Waals surface area (Å²) in [5.74, 6) is 0.862. The molecule has 17 heavy (non-hydrogen) atoms. The van der Waals surface area contributed by atoms with Crippen molar-refractivity contribution in [2.24, 2.45) is 17.8 Å². The van der Waals surface area contributed by atoms with Gasteiger partial charge in [0.15, 0.2) is 5.78 Å². The van der Waals surface area contributed by atoms with E-state index in [2.05, 4.69) is 0 Å². The smallest absolute Gasteiger partial charge is 0.159 e. The van der Waals surface area contributed by atoms with E-state index in [4.69, 9.17) is 4.74 Å². The number of Topliss-reactive ketones (excluding diaryl/α,β-unsaturated/α-hetero) is 1. The van der Waals surface area contributed by atoms with Crippen molar-refractivity contribution in [1.82, 2.24) is 0 Å². The van der Waals surface area contributed by atoms with Gasteiger partial charge in [-0.25, -0.2) is 0 Å². The quantitative estimate of drug-likeness (QED) is 0.689. The van der Waals surface area contributed by atoms with Gasteiger partial charge in [-0.3, -0.25) is 4.79 Å². The van der Waals surface area contributed by atoms with Gasteiger partial charge < -0.3 is 9.84 Å². The first-order chi connectivity index (χ1) is 8.11. The van der Waals surface area contributed by atoms with Crippen LogP contribution in [0.4, 0.5) is 0 Å². The number of carbonyl (C=O) groups excluding carboxylic acids is 1. The highest BCUT2D eigenvalue weighted by Gasteiger charge is 2.63. The fraction of sp³-hybridized carbons (Fsp3) is 0.643. The van der Waals surface area contributed by atoms with Crippen molar-refractivity contribution in [2.45, 2.75) is 37.9 Å². The first kappa shape index (κ1) is 9.89. The van der Waals surface area contributed by atoms with Crippen molar-refractivity contribution in [1.29, 1.82) is 0 Å². The molecule has 2 saturated carbocycles. The van der Waals surface area contributed by atoms with Crippen molar-refractivity contribution < 1.29 is 14.6 Å². The third kappa shape index (κ3) is 0.998. The summed E-state index contributed by atoms with van der Waals surface area (Å²) in [4.78, 5) is 11.7. The van der Waals surface area contributed by atoms with Crippen LogP contribution in [-0.2, 0) is 9.53 Å². The van der Waals surface area contributed by atoms with Crippen molar-refractivity contribution in [3.8, 4) is 0 Å². The number of hydrogen-bond acceptors (Lipinski definition) is 3. The average Bonchev–Trinajstić information content (AvgIpc) is 2.93. The molecule has 0 spiro atoms. The van der Waals surface area contributed by atoms with Crippen LogP contribution in [0, 0.1) is 17.8 Å². The second kappa shape index (κ2) is 2.83. The van der Waals surface area contributed by atoms with Crippen molar-refractivity contribution in [2.75, 3.05) is 0 Å². The van der Waals surface area contributed by atoms with Gasteiger partial charge in [-0.2, -0.15) is 0 Å². The average molecular weight is 232 g/mol. The first-order valence-corrected chi connectivity index (χ1v) is 6.39. The van der Waals surface area contributed by atoms with Crippen LogP contribution in [0.1, 0.15) is 26.2 Å². The number of carbonyl (C=O) groups is 1. The Balaban J connectivity index is 1.82. The minimum atomic E-state index is -0.653. The molecule has 3 nitrogen and oxygen atoms in total. The maximum Gasteiger partial charge on any atom is 0.159 e. The molecule has 5 atom stereocenters. The van der Waals surface area contributed by atoms with Gasteiger partial charge >= 0.3 is 0 Å². The molecule has 0 amide bonds. The SMILES string of the molecule is CC1=C2[C@@H](CC1=O)C[C@@]1(O)[C@@H]2C[C@@H]2OC=C[C@@H]21. The van der Waals surface area contributed by atoms with E-state index in [0.29, 0.717) is 12.3 Å². The predicted molar refractivity (Wildman–Crippen MR) is 61.0 cm³/mol.